The topological polar surface area (TPSA) is 58.6 Å². The van der Waals surface area contributed by atoms with Crippen molar-refractivity contribution in [3.8, 4) is 5.75 Å². The van der Waals surface area contributed by atoms with Crippen molar-refractivity contribution in [2.45, 2.75) is 37.6 Å². The van der Waals surface area contributed by atoms with Crippen LogP contribution in [0.5, 0.6) is 5.75 Å². The minimum atomic E-state index is -0.463. The van der Waals surface area contributed by atoms with Crippen LogP contribution in [-0.4, -0.2) is 29.8 Å². The molecule has 0 heterocycles. The van der Waals surface area contributed by atoms with Gasteiger partial charge in [0.15, 0.2) is 6.61 Å². The Morgan fingerprint density at radius 2 is 2.00 bits per heavy atom. The number of aliphatic hydroxyl groups excluding tert-OH is 1. The molecule has 1 aromatic rings. The number of benzene rings is 1. The molecule has 21 heavy (non-hydrogen) atoms. The van der Waals surface area contributed by atoms with Gasteiger partial charge in [-0.25, -0.2) is 0 Å². The zero-order valence-corrected chi connectivity index (χ0v) is 14.9. The lowest BCUT2D eigenvalue weighted by molar-refractivity contribution is -0.126. The van der Waals surface area contributed by atoms with E-state index in [1.165, 1.54) is 6.42 Å². The summed E-state index contributed by atoms with van der Waals surface area (Å²) in [5.74, 6) is 0.427. The summed E-state index contributed by atoms with van der Waals surface area (Å²) in [7, 11) is 0. The highest BCUT2D eigenvalue weighted by Crippen LogP contribution is 2.29. The number of rotatable bonds is 5. The van der Waals surface area contributed by atoms with Crippen LogP contribution in [0.4, 0.5) is 0 Å². The first-order valence-electron chi connectivity index (χ1n) is 7.04. The van der Waals surface area contributed by atoms with Crippen LogP contribution < -0.4 is 10.1 Å². The zero-order valence-electron chi connectivity index (χ0n) is 11.7. The minimum absolute atomic E-state index is 0.0132. The maximum Gasteiger partial charge on any atom is 0.258 e. The molecular formula is C15H19Br2NO3. The van der Waals surface area contributed by atoms with Crippen LogP contribution in [0, 0.1) is 0 Å². The molecule has 0 radical (unpaired) electrons. The molecule has 2 N–H and O–H groups in total. The zero-order chi connectivity index (χ0) is 15.3. The predicted molar refractivity (Wildman–Crippen MR) is 88.4 cm³/mol. The Morgan fingerprint density at radius 3 is 2.62 bits per heavy atom. The normalized spacial score (nSPS) is 17.3. The van der Waals surface area contributed by atoms with Crippen molar-refractivity contribution < 1.29 is 14.6 Å². The van der Waals surface area contributed by atoms with Gasteiger partial charge < -0.3 is 15.2 Å². The van der Waals surface area contributed by atoms with Crippen LogP contribution >= 0.6 is 31.9 Å². The second-order valence-electron chi connectivity index (χ2n) is 5.41. The Morgan fingerprint density at radius 1 is 1.29 bits per heavy atom. The second-order valence-corrected chi connectivity index (χ2v) is 7.18. The summed E-state index contributed by atoms with van der Waals surface area (Å²) in [4.78, 5) is 12.1. The molecule has 6 heteroatoms. The number of hydrogen-bond acceptors (Lipinski definition) is 3. The number of carbonyl (C=O) groups is 1. The summed E-state index contributed by atoms with van der Waals surface area (Å²) in [5.41, 5.74) is -0.463. The highest BCUT2D eigenvalue weighted by molar-refractivity contribution is 9.11. The van der Waals surface area contributed by atoms with E-state index in [0.29, 0.717) is 5.75 Å². The van der Waals surface area contributed by atoms with Gasteiger partial charge >= 0.3 is 0 Å². The molecule has 0 saturated heterocycles. The second kappa shape index (κ2) is 7.61. The average Bonchev–Trinajstić information content (AvgIpc) is 2.47. The Labute approximate surface area is 141 Å². The molecule has 4 nitrogen and oxygen atoms in total. The molecule has 0 unspecified atom stereocenters. The van der Waals surface area contributed by atoms with Gasteiger partial charge in [0.25, 0.3) is 5.91 Å². The molecule has 1 amide bonds. The molecule has 116 valence electrons. The van der Waals surface area contributed by atoms with Gasteiger partial charge in [0.2, 0.25) is 0 Å². The number of carbonyl (C=O) groups excluding carboxylic acids is 1. The highest BCUT2D eigenvalue weighted by atomic mass is 79.9. The van der Waals surface area contributed by atoms with Crippen molar-refractivity contribution in [3.05, 3.63) is 27.1 Å². The fourth-order valence-corrected chi connectivity index (χ4v) is 3.78. The van der Waals surface area contributed by atoms with Crippen molar-refractivity contribution in [2.75, 3.05) is 13.2 Å². The SMILES string of the molecule is O=C(COc1ccc(Br)cc1Br)NC1(CO)CCCCC1. The van der Waals surface area contributed by atoms with Crippen molar-refractivity contribution >= 4 is 37.8 Å². The lowest BCUT2D eigenvalue weighted by atomic mass is 9.82. The van der Waals surface area contributed by atoms with Crippen molar-refractivity contribution in [1.82, 2.24) is 5.32 Å². The maximum absolute atomic E-state index is 12.1. The molecule has 1 saturated carbocycles. The maximum atomic E-state index is 12.1. The molecule has 0 aromatic heterocycles. The van der Waals surface area contributed by atoms with Crippen LogP contribution in [0.1, 0.15) is 32.1 Å². The van der Waals surface area contributed by atoms with Gasteiger partial charge in [0.1, 0.15) is 5.75 Å². The Bertz CT molecular complexity index is 502. The first-order chi connectivity index (χ1) is 10.0. The van der Waals surface area contributed by atoms with Gasteiger partial charge in [0.05, 0.1) is 16.6 Å². The van der Waals surface area contributed by atoms with E-state index in [2.05, 4.69) is 37.2 Å². The van der Waals surface area contributed by atoms with E-state index in [0.717, 1.165) is 34.6 Å². The summed E-state index contributed by atoms with van der Waals surface area (Å²) < 4.78 is 7.25. The summed E-state index contributed by atoms with van der Waals surface area (Å²) in [6.45, 7) is -0.0668. The summed E-state index contributed by atoms with van der Waals surface area (Å²) in [5, 5.41) is 12.5. The molecule has 2 rings (SSSR count). The molecule has 0 bridgehead atoms. The molecular weight excluding hydrogens is 402 g/mol. The van der Waals surface area contributed by atoms with Gasteiger partial charge in [-0.15, -0.1) is 0 Å². The fourth-order valence-electron chi connectivity index (χ4n) is 2.62. The first kappa shape index (κ1) is 16.8. The van der Waals surface area contributed by atoms with Crippen LogP contribution in [0.2, 0.25) is 0 Å². The van der Waals surface area contributed by atoms with Crippen LogP contribution in [0.3, 0.4) is 0 Å². The van der Waals surface area contributed by atoms with Gasteiger partial charge in [-0.3, -0.25) is 4.79 Å². The number of hydrogen-bond donors (Lipinski definition) is 2. The van der Waals surface area contributed by atoms with Gasteiger partial charge in [0, 0.05) is 4.47 Å². The number of ether oxygens (including phenoxy) is 1. The number of nitrogens with one attached hydrogen (secondary N) is 1. The summed E-state index contributed by atoms with van der Waals surface area (Å²) >= 11 is 6.76. The number of halogens is 2. The van der Waals surface area contributed by atoms with Crippen molar-refractivity contribution in [1.29, 1.82) is 0 Å². The molecule has 0 aliphatic heterocycles. The Balaban J connectivity index is 1.89. The van der Waals surface area contributed by atoms with E-state index in [4.69, 9.17) is 4.74 Å². The number of amides is 1. The third-order valence-corrected chi connectivity index (χ3v) is 4.88. The Kier molecular flexibility index (Phi) is 6.08. The van der Waals surface area contributed by atoms with Gasteiger partial charge in [-0.1, -0.05) is 35.2 Å². The Hall–Kier alpha value is -0.590. The average molecular weight is 421 g/mol. The van der Waals surface area contributed by atoms with Crippen LogP contribution in [-0.2, 0) is 4.79 Å². The molecule has 1 aliphatic carbocycles. The third kappa shape index (κ3) is 4.69. The lowest BCUT2D eigenvalue weighted by Gasteiger charge is -2.36. The molecule has 0 atom stereocenters. The molecule has 0 spiro atoms. The molecule has 1 aliphatic rings. The third-order valence-electron chi connectivity index (χ3n) is 3.77. The van der Waals surface area contributed by atoms with E-state index in [9.17, 15) is 9.90 Å². The minimum Gasteiger partial charge on any atom is -0.483 e. The lowest BCUT2D eigenvalue weighted by Crippen LogP contribution is -2.53. The fraction of sp³-hybridized carbons (Fsp3) is 0.533. The monoisotopic (exact) mass is 419 g/mol. The summed E-state index contributed by atoms with van der Waals surface area (Å²) in [6, 6.07) is 5.52. The van der Waals surface area contributed by atoms with E-state index in [-0.39, 0.29) is 19.1 Å². The van der Waals surface area contributed by atoms with E-state index in [1.54, 1.807) is 6.07 Å². The highest BCUT2D eigenvalue weighted by Gasteiger charge is 2.32. The van der Waals surface area contributed by atoms with Crippen molar-refractivity contribution in [2.24, 2.45) is 0 Å². The van der Waals surface area contributed by atoms with E-state index in [1.807, 2.05) is 12.1 Å². The largest absolute Gasteiger partial charge is 0.483 e. The number of aliphatic hydroxyl groups is 1. The summed E-state index contributed by atoms with van der Waals surface area (Å²) in [6.07, 6.45) is 4.91. The smallest absolute Gasteiger partial charge is 0.258 e. The quantitative estimate of drug-likeness (QED) is 0.767. The first-order valence-corrected chi connectivity index (χ1v) is 8.63. The van der Waals surface area contributed by atoms with E-state index < -0.39 is 5.54 Å². The predicted octanol–water partition coefficient (Wildman–Crippen LogP) is 3.40. The van der Waals surface area contributed by atoms with Crippen LogP contribution in [0.15, 0.2) is 27.1 Å². The molecule has 1 fully saturated rings. The van der Waals surface area contributed by atoms with Gasteiger partial charge in [-0.05, 0) is 47.0 Å². The molecule has 1 aromatic carbocycles. The van der Waals surface area contributed by atoms with Crippen molar-refractivity contribution in [3.63, 3.8) is 0 Å². The van der Waals surface area contributed by atoms with Crippen LogP contribution in [0.25, 0.3) is 0 Å². The van der Waals surface area contributed by atoms with Gasteiger partial charge in [-0.2, -0.15) is 0 Å². The van der Waals surface area contributed by atoms with E-state index >= 15 is 0 Å². The standard InChI is InChI=1S/C15H19Br2NO3/c16-11-4-5-13(12(17)8-11)21-9-14(20)18-15(10-19)6-2-1-3-7-15/h4-5,8,19H,1-3,6-7,9-10H2,(H,18,20).